The number of rotatable bonds is 4. The summed E-state index contributed by atoms with van der Waals surface area (Å²) in [6, 6.07) is 6.22. The van der Waals surface area contributed by atoms with Crippen LogP contribution in [0.15, 0.2) is 41.3 Å². The maximum Gasteiger partial charge on any atom is 0.416 e. The van der Waals surface area contributed by atoms with Crippen LogP contribution >= 0.6 is 0 Å². The Kier molecular flexibility index (Phi) is 6.19. The smallest absolute Gasteiger partial charge is 0.416 e. The van der Waals surface area contributed by atoms with Gasteiger partial charge in [0.05, 0.1) is 18.2 Å². The van der Waals surface area contributed by atoms with Gasteiger partial charge in [0.1, 0.15) is 11.4 Å². The Morgan fingerprint density at radius 3 is 2.38 bits per heavy atom. The first-order valence-electron chi connectivity index (χ1n) is 10.8. The Morgan fingerprint density at radius 1 is 1.16 bits per heavy atom. The molecule has 2 aromatic rings. The first-order chi connectivity index (χ1) is 14.5. The van der Waals surface area contributed by atoms with Gasteiger partial charge in [-0.1, -0.05) is 20.8 Å². The zero-order valence-corrected chi connectivity index (χ0v) is 20.8. The molecule has 2 heterocycles. The molecular weight excluding hydrogens is 435 g/mol. The topological polar surface area (TPSA) is 40.5 Å². The van der Waals surface area contributed by atoms with Crippen molar-refractivity contribution in [2.75, 3.05) is 0 Å². The normalized spacial score (nSPS) is 18.8. The molecular formula is C24H32F3NO3Si. The van der Waals surface area contributed by atoms with Gasteiger partial charge in [0, 0.05) is 24.2 Å². The van der Waals surface area contributed by atoms with E-state index in [0.29, 0.717) is 24.3 Å². The third-order valence-corrected chi connectivity index (χ3v) is 11.0. The summed E-state index contributed by atoms with van der Waals surface area (Å²) in [7, 11) is -1.97. The average Bonchev–Trinajstić information content (AvgIpc) is 2.63. The van der Waals surface area contributed by atoms with Crippen molar-refractivity contribution < 1.29 is 22.3 Å². The second kappa shape index (κ2) is 8.06. The van der Waals surface area contributed by atoms with Gasteiger partial charge >= 0.3 is 6.18 Å². The third kappa shape index (κ3) is 5.12. The van der Waals surface area contributed by atoms with Gasteiger partial charge in [-0.25, -0.2) is 0 Å². The minimum atomic E-state index is -4.47. The highest BCUT2D eigenvalue weighted by atomic mass is 28.4. The molecule has 0 radical (unpaired) electrons. The molecule has 0 bridgehead atoms. The Morgan fingerprint density at radius 2 is 1.81 bits per heavy atom. The fourth-order valence-corrected chi connectivity index (χ4v) is 4.56. The van der Waals surface area contributed by atoms with E-state index in [1.807, 2.05) is 19.9 Å². The summed E-state index contributed by atoms with van der Waals surface area (Å²) >= 11 is 0. The van der Waals surface area contributed by atoms with E-state index in [-0.39, 0.29) is 10.6 Å². The van der Waals surface area contributed by atoms with Crippen LogP contribution in [0.3, 0.4) is 0 Å². The van der Waals surface area contributed by atoms with Crippen molar-refractivity contribution in [3.8, 4) is 5.75 Å². The molecule has 3 rings (SSSR count). The SMILES string of the molecule is CC1(C)CC(n2ccc(CO[Si](C)(C)C(C)(C)C)cc2=O)c2cc(C(F)(F)F)ccc2O1. The van der Waals surface area contributed by atoms with Gasteiger partial charge in [0.2, 0.25) is 0 Å². The van der Waals surface area contributed by atoms with Gasteiger partial charge < -0.3 is 13.7 Å². The van der Waals surface area contributed by atoms with Crippen molar-refractivity contribution in [3.05, 3.63) is 63.6 Å². The Labute approximate surface area is 188 Å². The molecule has 1 aromatic heterocycles. The highest BCUT2D eigenvalue weighted by Crippen LogP contribution is 2.43. The molecule has 1 aromatic carbocycles. The predicted molar refractivity (Wildman–Crippen MR) is 122 cm³/mol. The fraction of sp³-hybridized carbons (Fsp3) is 0.542. The van der Waals surface area contributed by atoms with Gasteiger partial charge in [0.25, 0.3) is 5.56 Å². The van der Waals surface area contributed by atoms with Crippen LogP contribution in [0.25, 0.3) is 0 Å². The van der Waals surface area contributed by atoms with Crippen LogP contribution in [0.5, 0.6) is 5.75 Å². The minimum absolute atomic E-state index is 0.0512. The standard InChI is InChI=1S/C24H32F3NO3Si/c1-22(2,3)32(6,7)30-15-16-10-11-28(21(29)12-16)19-14-23(4,5)31-20-9-8-17(13-18(19)20)24(25,26)27/h8-13,19H,14-15H2,1-7H3. The highest BCUT2D eigenvalue weighted by molar-refractivity contribution is 6.74. The summed E-state index contributed by atoms with van der Waals surface area (Å²) in [4.78, 5) is 13.0. The number of halogens is 3. The second-order valence-corrected chi connectivity index (χ2v) is 15.5. The van der Waals surface area contributed by atoms with Crippen molar-refractivity contribution in [1.29, 1.82) is 0 Å². The lowest BCUT2D eigenvalue weighted by molar-refractivity contribution is -0.137. The monoisotopic (exact) mass is 467 g/mol. The number of benzene rings is 1. The molecule has 1 atom stereocenters. The zero-order chi connectivity index (χ0) is 24.1. The molecule has 8 heteroatoms. The second-order valence-electron chi connectivity index (χ2n) is 10.7. The maximum atomic E-state index is 13.3. The molecule has 0 saturated heterocycles. The third-order valence-electron chi connectivity index (χ3n) is 6.52. The number of aromatic nitrogens is 1. The first kappa shape index (κ1) is 24.6. The van der Waals surface area contributed by atoms with Crippen LogP contribution < -0.4 is 10.3 Å². The number of hydrogen-bond acceptors (Lipinski definition) is 3. The largest absolute Gasteiger partial charge is 0.487 e. The van der Waals surface area contributed by atoms with E-state index in [0.717, 1.165) is 17.7 Å². The molecule has 1 unspecified atom stereocenters. The molecule has 0 saturated carbocycles. The first-order valence-corrected chi connectivity index (χ1v) is 13.7. The van der Waals surface area contributed by atoms with E-state index < -0.39 is 31.7 Å². The molecule has 4 nitrogen and oxygen atoms in total. The quantitative estimate of drug-likeness (QED) is 0.480. The molecule has 1 aliphatic heterocycles. The summed E-state index contributed by atoms with van der Waals surface area (Å²) in [5.41, 5.74) is -0.524. The van der Waals surface area contributed by atoms with Crippen LogP contribution in [0.2, 0.25) is 18.1 Å². The van der Waals surface area contributed by atoms with Gasteiger partial charge in [-0.2, -0.15) is 13.2 Å². The fourth-order valence-electron chi connectivity index (χ4n) is 3.60. The summed E-state index contributed by atoms with van der Waals surface area (Å²) < 4.78 is 53.6. The summed E-state index contributed by atoms with van der Waals surface area (Å²) in [5.74, 6) is 0.372. The van der Waals surface area contributed by atoms with Gasteiger partial charge in [0.15, 0.2) is 8.32 Å². The van der Waals surface area contributed by atoms with E-state index in [2.05, 4.69) is 33.9 Å². The van der Waals surface area contributed by atoms with Gasteiger partial charge in [-0.3, -0.25) is 4.79 Å². The summed E-state index contributed by atoms with van der Waals surface area (Å²) in [6.07, 6.45) is -2.44. The number of pyridine rings is 1. The van der Waals surface area contributed by atoms with E-state index in [1.165, 1.54) is 16.7 Å². The van der Waals surface area contributed by atoms with Crippen LogP contribution in [0, 0.1) is 0 Å². The molecule has 32 heavy (non-hydrogen) atoms. The van der Waals surface area contributed by atoms with Crippen LogP contribution in [0.4, 0.5) is 13.2 Å². The lowest BCUT2D eigenvalue weighted by Crippen LogP contribution is -2.41. The summed E-state index contributed by atoms with van der Waals surface area (Å²) in [5, 5.41) is 0.0512. The molecule has 0 spiro atoms. The summed E-state index contributed by atoms with van der Waals surface area (Å²) in [6.45, 7) is 14.8. The lowest BCUT2D eigenvalue weighted by Gasteiger charge is -2.38. The molecule has 0 amide bonds. The minimum Gasteiger partial charge on any atom is -0.487 e. The van der Waals surface area contributed by atoms with Crippen molar-refractivity contribution in [2.24, 2.45) is 0 Å². The average molecular weight is 468 g/mol. The predicted octanol–water partition coefficient (Wildman–Crippen LogP) is 6.54. The number of fused-ring (bicyclic) bond motifs is 1. The van der Waals surface area contributed by atoms with Crippen LogP contribution in [-0.2, 0) is 17.2 Å². The van der Waals surface area contributed by atoms with Crippen molar-refractivity contribution in [2.45, 2.75) is 83.6 Å². The van der Waals surface area contributed by atoms with E-state index in [1.54, 1.807) is 6.20 Å². The van der Waals surface area contributed by atoms with Crippen molar-refractivity contribution in [1.82, 2.24) is 4.57 Å². The number of nitrogens with zero attached hydrogens (tertiary/aromatic N) is 1. The Hall–Kier alpha value is -2.06. The van der Waals surface area contributed by atoms with E-state index in [4.69, 9.17) is 9.16 Å². The Balaban J connectivity index is 1.95. The maximum absolute atomic E-state index is 13.3. The number of ether oxygens (including phenoxy) is 1. The van der Waals surface area contributed by atoms with E-state index >= 15 is 0 Å². The molecule has 0 aliphatic carbocycles. The molecule has 0 N–H and O–H groups in total. The van der Waals surface area contributed by atoms with E-state index in [9.17, 15) is 18.0 Å². The van der Waals surface area contributed by atoms with Gasteiger partial charge in [-0.05, 0) is 61.8 Å². The number of alkyl halides is 3. The highest BCUT2D eigenvalue weighted by Gasteiger charge is 2.39. The van der Waals surface area contributed by atoms with Crippen LogP contribution in [-0.4, -0.2) is 18.5 Å². The Bertz CT molecular complexity index is 1050. The van der Waals surface area contributed by atoms with Crippen molar-refractivity contribution in [3.63, 3.8) is 0 Å². The number of hydrogen-bond donors (Lipinski definition) is 0. The van der Waals surface area contributed by atoms with Gasteiger partial charge in [-0.15, -0.1) is 0 Å². The molecule has 0 fully saturated rings. The van der Waals surface area contributed by atoms with Crippen molar-refractivity contribution >= 4 is 8.32 Å². The molecule has 176 valence electrons. The zero-order valence-electron chi connectivity index (χ0n) is 19.8. The molecule has 1 aliphatic rings. The lowest BCUT2D eigenvalue weighted by atomic mass is 9.88. The van der Waals surface area contributed by atoms with Crippen LogP contribution in [0.1, 0.15) is 63.8 Å².